The minimum absolute atomic E-state index is 0.197. The summed E-state index contributed by atoms with van der Waals surface area (Å²) in [6.45, 7) is 0. The molecule has 8 heteroatoms. The van der Waals surface area contributed by atoms with Crippen molar-refractivity contribution in [3.8, 4) is 11.5 Å². The van der Waals surface area contributed by atoms with Gasteiger partial charge in [0.1, 0.15) is 5.57 Å². The molecule has 4 amide bonds. The number of amides is 4. The van der Waals surface area contributed by atoms with E-state index < -0.39 is 17.8 Å². The summed E-state index contributed by atoms with van der Waals surface area (Å²) in [5.74, 6) is -1.65. The lowest BCUT2D eigenvalue weighted by Gasteiger charge is -2.26. The van der Waals surface area contributed by atoms with Crippen molar-refractivity contribution < 1.29 is 24.2 Å². The maximum Gasteiger partial charge on any atom is 0.335 e. The molecule has 1 aliphatic rings. The topological polar surface area (TPSA) is 95.9 Å². The number of phenolic OH excluding ortho intramolecular Hbond substituents is 1. The average molecular weight is 417 g/mol. The Hall–Kier alpha value is -3.13. The van der Waals surface area contributed by atoms with Crippen LogP contribution in [-0.4, -0.2) is 30.1 Å². The van der Waals surface area contributed by atoms with Gasteiger partial charge in [-0.25, -0.2) is 9.69 Å². The Balaban J connectivity index is 2.06. The fraction of sp³-hybridized carbons (Fsp3) is 0.0556. The fourth-order valence-corrected chi connectivity index (χ4v) is 2.87. The summed E-state index contributed by atoms with van der Waals surface area (Å²) in [6, 6.07) is 10.4. The number of aromatic hydroxyl groups is 1. The molecule has 1 heterocycles. The van der Waals surface area contributed by atoms with Crippen LogP contribution in [0.15, 0.2) is 52.5 Å². The highest BCUT2D eigenvalue weighted by Gasteiger charge is 2.37. The average Bonchev–Trinajstić information content (AvgIpc) is 2.60. The zero-order chi connectivity index (χ0) is 18.8. The van der Waals surface area contributed by atoms with Crippen LogP contribution in [0.25, 0.3) is 6.08 Å². The zero-order valence-corrected chi connectivity index (χ0v) is 15.1. The molecule has 0 aliphatic carbocycles. The third kappa shape index (κ3) is 3.18. The van der Waals surface area contributed by atoms with Crippen LogP contribution in [0.4, 0.5) is 10.5 Å². The number of methoxy groups -OCH3 is 1. The van der Waals surface area contributed by atoms with Gasteiger partial charge in [-0.3, -0.25) is 14.9 Å². The maximum absolute atomic E-state index is 12.8. The van der Waals surface area contributed by atoms with Crippen molar-refractivity contribution in [2.45, 2.75) is 0 Å². The number of carbonyl (C=O) groups is 3. The van der Waals surface area contributed by atoms with Crippen molar-refractivity contribution in [2.24, 2.45) is 0 Å². The van der Waals surface area contributed by atoms with Gasteiger partial charge >= 0.3 is 6.03 Å². The molecule has 7 nitrogen and oxygen atoms in total. The Morgan fingerprint density at radius 2 is 1.88 bits per heavy atom. The summed E-state index contributed by atoms with van der Waals surface area (Å²) in [6.07, 6.45) is 1.22. The quantitative estimate of drug-likeness (QED) is 0.592. The number of nitrogens with zero attached hydrogens (tertiary/aromatic N) is 1. The van der Waals surface area contributed by atoms with Crippen LogP contribution >= 0.6 is 15.9 Å². The smallest absolute Gasteiger partial charge is 0.335 e. The van der Waals surface area contributed by atoms with Crippen molar-refractivity contribution in [2.75, 3.05) is 12.0 Å². The lowest BCUT2D eigenvalue weighted by molar-refractivity contribution is -0.122. The van der Waals surface area contributed by atoms with Crippen LogP contribution in [0.1, 0.15) is 5.56 Å². The highest BCUT2D eigenvalue weighted by molar-refractivity contribution is 9.10. The number of para-hydroxylation sites is 1. The number of barbiturate groups is 1. The monoisotopic (exact) mass is 416 g/mol. The number of nitrogens with one attached hydrogen (secondary N) is 1. The first-order valence-electron chi connectivity index (χ1n) is 7.45. The summed E-state index contributed by atoms with van der Waals surface area (Å²) >= 11 is 3.28. The van der Waals surface area contributed by atoms with Crippen LogP contribution in [0.3, 0.4) is 0 Å². The van der Waals surface area contributed by atoms with E-state index in [1.165, 1.54) is 25.3 Å². The van der Waals surface area contributed by atoms with Crippen molar-refractivity contribution in [3.63, 3.8) is 0 Å². The molecule has 1 fully saturated rings. The molecule has 3 rings (SSSR count). The van der Waals surface area contributed by atoms with Gasteiger partial charge in [-0.15, -0.1) is 0 Å². The lowest BCUT2D eigenvalue weighted by atomic mass is 10.1. The number of hydrogen-bond acceptors (Lipinski definition) is 5. The third-order valence-corrected chi connectivity index (χ3v) is 4.21. The molecule has 2 aromatic rings. The van der Waals surface area contributed by atoms with Gasteiger partial charge in [0.2, 0.25) is 0 Å². The third-order valence-electron chi connectivity index (χ3n) is 3.72. The van der Waals surface area contributed by atoms with E-state index in [2.05, 4.69) is 21.2 Å². The highest BCUT2D eigenvalue weighted by Crippen LogP contribution is 2.32. The molecular weight excluding hydrogens is 404 g/mol. The Bertz CT molecular complexity index is 954. The van der Waals surface area contributed by atoms with Gasteiger partial charge in [-0.1, -0.05) is 34.1 Å². The van der Waals surface area contributed by atoms with Gasteiger partial charge in [-0.2, -0.15) is 0 Å². The van der Waals surface area contributed by atoms with E-state index in [0.29, 0.717) is 10.2 Å². The first kappa shape index (κ1) is 17.7. The fourth-order valence-electron chi connectivity index (χ4n) is 2.48. The maximum atomic E-state index is 12.8. The predicted molar refractivity (Wildman–Crippen MR) is 97.8 cm³/mol. The summed E-state index contributed by atoms with van der Waals surface area (Å²) in [4.78, 5) is 37.9. The van der Waals surface area contributed by atoms with Crippen LogP contribution in [0.5, 0.6) is 11.5 Å². The van der Waals surface area contributed by atoms with E-state index in [1.807, 2.05) is 0 Å². The summed E-state index contributed by atoms with van der Waals surface area (Å²) in [5.41, 5.74) is 0.231. The number of hydrogen-bond donors (Lipinski definition) is 2. The standard InChI is InChI=1S/C18H13BrN2O5/c1-26-14-7-2-4-10(15(14)22)8-13-16(23)20-18(25)21(17(13)24)12-6-3-5-11(19)9-12/h2-9,22H,1H3,(H,20,23,25)/b13-8-. The lowest BCUT2D eigenvalue weighted by Crippen LogP contribution is -2.54. The molecule has 0 aromatic heterocycles. The van der Waals surface area contributed by atoms with Crippen LogP contribution in [0, 0.1) is 0 Å². The summed E-state index contributed by atoms with van der Waals surface area (Å²) in [5, 5.41) is 12.3. The largest absolute Gasteiger partial charge is 0.504 e. The zero-order valence-electron chi connectivity index (χ0n) is 13.5. The number of carbonyl (C=O) groups excluding carboxylic acids is 3. The normalized spacial score (nSPS) is 16.0. The number of halogens is 1. The molecular formula is C18H13BrN2O5. The molecule has 1 aliphatic heterocycles. The molecule has 0 saturated carbocycles. The summed E-state index contributed by atoms with van der Waals surface area (Å²) in [7, 11) is 1.39. The van der Waals surface area contributed by atoms with Gasteiger partial charge in [-0.05, 0) is 30.3 Å². The van der Waals surface area contributed by atoms with Crippen LogP contribution in [-0.2, 0) is 9.59 Å². The molecule has 0 radical (unpaired) electrons. The molecule has 2 N–H and O–H groups in total. The number of rotatable bonds is 3. The second kappa shape index (κ2) is 7.01. The Kier molecular flexibility index (Phi) is 4.77. The van der Waals surface area contributed by atoms with E-state index in [1.54, 1.807) is 30.3 Å². The van der Waals surface area contributed by atoms with E-state index in [9.17, 15) is 19.5 Å². The number of urea groups is 1. The van der Waals surface area contributed by atoms with Gasteiger partial charge in [0.05, 0.1) is 12.8 Å². The van der Waals surface area contributed by atoms with Gasteiger partial charge < -0.3 is 9.84 Å². The molecule has 2 aromatic carbocycles. The number of imide groups is 2. The van der Waals surface area contributed by atoms with E-state index >= 15 is 0 Å². The van der Waals surface area contributed by atoms with Crippen LogP contribution < -0.4 is 15.0 Å². The van der Waals surface area contributed by atoms with Gasteiger partial charge in [0, 0.05) is 10.0 Å². The van der Waals surface area contributed by atoms with Gasteiger partial charge in [0.25, 0.3) is 11.8 Å². The molecule has 26 heavy (non-hydrogen) atoms. The minimum Gasteiger partial charge on any atom is -0.504 e. The second-order valence-electron chi connectivity index (χ2n) is 5.34. The number of ether oxygens (including phenoxy) is 1. The molecule has 132 valence electrons. The van der Waals surface area contributed by atoms with E-state index in [4.69, 9.17) is 4.74 Å². The van der Waals surface area contributed by atoms with Crippen molar-refractivity contribution in [3.05, 3.63) is 58.1 Å². The van der Waals surface area contributed by atoms with Crippen molar-refractivity contribution >= 4 is 45.5 Å². The first-order chi connectivity index (χ1) is 12.4. The number of benzene rings is 2. The SMILES string of the molecule is COc1cccc(/C=C2/C(=O)NC(=O)N(c3cccc(Br)c3)C2=O)c1O. The molecule has 0 spiro atoms. The first-order valence-corrected chi connectivity index (χ1v) is 8.24. The van der Waals surface area contributed by atoms with Crippen molar-refractivity contribution in [1.29, 1.82) is 0 Å². The molecule has 0 atom stereocenters. The highest BCUT2D eigenvalue weighted by atomic mass is 79.9. The number of anilines is 1. The van der Waals surface area contributed by atoms with Crippen molar-refractivity contribution in [1.82, 2.24) is 5.32 Å². The Morgan fingerprint density at radius 3 is 2.58 bits per heavy atom. The Morgan fingerprint density at radius 1 is 1.15 bits per heavy atom. The molecule has 1 saturated heterocycles. The number of phenols is 1. The van der Waals surface area contributed by atoms with E-state index in [-0.39, 0.29) is 22.6 Å². The van der Waals surface area contributed by atoms with Gasteiger partial charge in [0.15, 0.2) is 11.5 Å². The molecule has 0 bridgehead atoms. The minimum atomic E-state index is -0.842. The van der Waals surface area contributed by atoms with E-state index in [0.717, 1.165) is 4.90 Å². The predicted octanol–water partition coefficient (Wildman–Crippen LogP) is 2.83. The second-order valence-corrected chi connectivity index (χ2v) is 6.25. The Labute approximate surface area is 157 Å². The molecule has 0 unspecified atom stereocenters. The summed E-state index contributed by atoms with van der Waals surface area (Å²) < 4.78 is 5.68. The van der Waals surface area contributed by atoms with Crippen LogP contribution in [0.2, 0.25) is 0 Å².